The molecule has 1 heterocycles. The summed E-state index contributed by atoms with van der Waals surface area (Å²) in [5.41, 5.74) is 0.930. The molecule has 3 rings (SSSR count). The molecule has 0 saturated carbocycles. The molecule has 0 fully saturated rings. The van der Waals surface area contributed by atoms with E-state index in [1.54, 1.807) is 11.0 Å². The van der Waals surface area contributed by atoms with Crippen LogP contribution in [0.25, 0.3) is 0 Å². The smallest absolute Gasteiger partial charge is 0.260 e. The molecule has 0 unspecified atom stereocenters. The number of halogens is 2. The highest BCUT2D eigenvalue weighted by atomic mass is 79.9. The number of hydrogen-bond donors (Lipinski definition) is 0. The van der Waals surface area contributed by atoms with Crippen molar-refractivity contribution in [3.63, 3.8) is 0 Å². The standard InChI is InChI=1S/C19H19BrFNO4/c1-2-22(11-13-3-5-17-18(9-13)25-8-7-24-17)19(23)12-26-16-6-4-14(20)10-15(16)21/h3-6,9-10H,2,7-8,11-12H2,1H3. The summed E-state index contributed by atoms with van der Waals surface area (Å²) in [6.45, 7) is 3.64. The van der Waals surface area contributed by atoms with Crippen molar-refractivity contribution in [3.05, 3.63) is 52.3 Å². The van der Waals surface area contributed by atoms with E-state index < -0.39 is 5.82 Å². The first-order valence-corrected chi connectivity index (χ1v) is 9.10. The summed E-state index contributed by atoms with van der Waals surface area (Å²) in [4.78, 5) is 14.1. The molecule has 1 amide bonds. The summed E-state index contributed by atoms with van der Waals surface area (Å²) in [7, 11) is 0. The van der Waals surface area contributed by atoms with Gasteiger partial charge in [0, 0.05) is 17.6 Å². The Kier molecular flexibility index (Phi) is 5.98. The summed E-state index contributed by atoms with van der Waals surface area (Å²) in [6.07, 6.45) is 0. The molecule has 0 saturated heterocycles. The van der Waals surface area contributed by atoms with Crippen LogP contribution in [0.1, 0.15) is 12.5 Å². The van der Waals surface area contributed by atoms with Crippen LogP contribution in [0, 0.1) is 5.82 Å². The fourth-order valence-corrected chi connectivity index (χ4v) is 2.94. The van der Waals surface area contributed by atoms with Gasteiger partial charge in [0.2, 0.25) is 0 Å². The molecular weight excluding hydrogens is 405 g/mol. The van der Waals surface area contributed by atoms with Crippen molar-refractivity contribution in [1.29, 1.82) is 0 Å². The number of carbonyl (C=O) groups is 1. The summed E-state index contributed by atoms with van der Waals surface area (Å²) < 4.78 is 30.8. The molecule has 0 atom stereocenters. The number of hydrogen-bond acceptors (Lipinski definition) is 4. The minimum Gasteiger partial charge on any atom is -0.486 e. The Morgan fingerprint density at radius 2 is 1.96 bits per heavy atom. The maximum atomic E-state index is 13.8. The Bertz CT molecular complexity index is 799. The SMILES string of the molecule is CCN(Cc1ccc2c(c1)OCCO2)C(=O)COc1ccc(Br)cc1F. The summed E-state index contributed by atoms with van der Waals surface area (Å²) in [6, 6.07) is 10.1. The van der Waals surface area contributed by atoms with Crippen LogP contribution >= 0.6 is 15.9 Å². The van der Waals surface area contributed by atoms with Crippen molar-refractivity contribution in [1.82, 2.24) is 4.90 Å². The van der Waals surface area contributed by atoms with E-state index in [1.807, 2.05) is 25.1 Å². The molecule has 0 radical (unpaired) electrons. The number of likely N-dealkylation sites (N-methyl/N-ethyl adjacent to an activating group) is 1. The van der Waals surface area contributed by atoms with Crippen molar-refractivity contribution >= 4 is 21.8 Å². The predicted molar refractivity (Wildman–Crippen MR) is 98.1 cm³/mol. The van der Waals surface area contributed by atoms with Crippen LogP contribution in [0.5, 0.6) is 17.2 Å². The summed E-state index contributed by atoms with van der Waals surface area (Å²) >= 11 is 3.18. The number of amides is 1. The third kappa shape index (κ3) is 4.46. The maximum Gasteiger partial charge on any atom is 0.260 e. The molecule has 0 aromatic heterocycles. The highest BCUT2D eigenvalue weighted by molar-refractivity contribution is 9.10. The Morgan fingerprint density at radius 1 is 1.19 bits per heavy atom. The number of benzene rings is 2. The first kappa shape index (κ1) is 18.5. The number of rotatable bonds is 6. The molecule has 1 aliphatic heterocycles. The number of ether oxygens (including phenoxy) is 3. The van der Waals surface area contributed by atoms with Gasteiger partial charge < -0.3 is 19.1 Å². The van der Waals surface area contributed by atoms with Crippen LogP contribution in [0.15, 0.2) is 40.9 Å². The predicted octanol–water partition coefficient (Wildman–Crippen LogP) is 3.79. The monoisotopic (exact) mass is 423 g/mol. The quantitative estimate of drug-likeness (QED) is 0.708. The highest BCUT2D eigenvalue weighted by Crippen LogP contribution is 2.31. The van der Waals surface area contributed by atoms with Gasteiger partial charge in [-0.3, -0.25) is 4.79 Å². The van der Waals surface area contributed by atoms with Crippen molar-refractivity contribution in [2.45, 2.75) is 13.5 Å². The summed E-state index contributed by atoms with van der Waals surface area (Å²) in [5, 5.41) is 0. The molecule has 5 nitrogen and oxygen atoms in total. The number of carbonyl (C=O) groups excluding carboxylic acids is 1. The van der Waals surface area contributed by atoms with Crippen molar-refractivity contribution in [3.8, 4) is 17.2 Å². The van der Waals surface area contributed by atoms with Crippen LogP contribution < -0.4 is 14.2 Å². The lowest BCUT2D eigenvalue weighted by Gasteiger charge is -2.23. The van der Waals surface area contributed by atoms with Gasteiger partial charge in [-0.15, -0.1) is 0 Å². The average molecular weight is 424 g/mol. The number of nitrogens with zero attached hydrogens (tertiary/aromatic N) is 1. The molecule has 0 N–H and O–H groups in total. The van der Waals surface area contributed by atoms with E-state index >= 15 is 0 Å². The molecule has 0 spiro atoms. The van der Waals surface area contributed by atoms with Gasteiger partial charge in [-0.1, -0.05) is 22.0 Å². The van der Waals surface area contributed by atoms with Gasteiger partial charge in [0.25, 0.3) is 5.91 Å². The van der Waals surface area contributed by atoms with Crippen molar-refractivity contribution in [2.24, 2.45) is 0 Å². The molecule has 26 heavy (non-hydrogen) atoms. The second kappa shape index (κ2) is 8.40. The van der Waals surface area contributed by atoms with E-state index in [-0.39, 0.29) is 18.3 Å². The van der Waals surface area contributed by atoms with Crippen LogP contribution in [0.3, 0.4) is 0 Å². The first-order chi connectivity index (χ1) is 12.6. The molecule has 0 bridgehead atoms. The fourth-order valence-electron chi connectivity index (χ4n) is 2.61. The third-order valence-electron chi connectivity index (χ3n) is 3.96. The van der Waals surface area contributed by atoms with Crippen molar-refractivity contribution in [2.75, 3.05) is 26.4 Å². The van der Waals surface area contributed by atoms with Crippen LogP contribution in [0.2, 0.25) is 0 Å². The zero-order chi connectivity index (χ0) is 18.5. The van der Waals surface area contributed by atoms with Gasteiger partial charge in [0.1, 0.15) is 13.2 Å². The Morgan fingerprint density at radius 3 is 2.69 bits per heavy atom. The zero-order valence-corrected chi connectivity index (χ0v) is 15.9. The molecule has 7 heteroatoms. The van der Waals surface area contributed by atoms with Gasteiger partial charge in [-0.2, -0.15) is 0 Å². The number of fused-ring (bicyclic) bond motifs is 1. The third-order valence-corrected chi connectivity index (χ3v) is 4.45. The Hall–Kier alpha value is -2.28. The molecule has 1 aliphatic rings. The van der Waals surface area contributed by atoms with Gasteiger partial charge in [-0.25, -0.2) is 4.39 Å². The minimum absolute atomic E-state index is 0.0527. The highest BCUT2D eigenvalue weighted by Gasteiger charge is 2.17. The Labute approximate surface area is 159 Å². The van der Waals surface area contributed by atoms with E-state index in [0.29, 0.717) is 42.3 Å². The van der Waals surface area contributed by atoms with Crippen LogP contribution in [-0.2, 0) is 11.3 Å². The van der Waals surface area contributed by atoms with E-state index in [0.717, 1.165) is 5.56 Å². The van der Waals surface area contributed by atoms with Gasteiger partial charge in [0.15, 0.2) is 29.7 Å². The van der Waals surface area contributed by atoms with E-state index in [1.165, 1.54) is 12.1 Å². The molecule has 2 aromatic carbocycles. The zero-order valence-electron chi connectivity index (χ0n) is 14.3. The fraction of sp³-hybridized carbons (Fsp3) is 0.316. The van der Waals surface area contributed by atoms with E-state index in [9.17, 15) is 9.18 Å². The van der Waals surface area contributed by atoms with Gasteiger partial charge in [-0.05, 0) is 42.8 Å². The lowest BCUT2D eigenvalue weighted by Crippen LogP contribution is -2.34. The second-order valence-electron chi connectivity index (χ2n) is 5.75. The van der Waals surface area contributed by atoms with Crippen LogP contribution in [-0.4, -0.2) is 37.2 Å². The largest absolute Gasteiger partial charge is 0.486 e. The first-order valence-electron chi connectivity index (χ1n) is 8.31. The minimum atomic E-state index is -0.512. The van der Waals surface area contributed by atoms with Crippen molar-refractivity contribution < 1.29 is 23.4 Å². The van der Waals surface area contributed by atoms with Crippen LogP contribution in [0.4, 0.5) is 4.39 Å². The molecule has 0 aliphatic carbocycles. The van der Waals surface area contributed by atoms with Gasteiger partial charge in [0.05, 0.1) is 0 Å². The van der Waals surface area contributed by atoms with E-state index in [2.05, 4.69) is 15.9 Å². The molecule has 2 aromatic rings. The normalized spacial score (nSPS) is 12.6. The molecule has 138 valence electrons. The maximum absolute atomic E-state index is 13.8. The molecular formula is C19H19BrFNO4. The topological polar surface area (TPSA) is 48.0 Å². The van der Waals surface area contributed by atoms with E-state index in [4.69, 9.17) is 14.2 Å². The lowest BCUT2D eigenvalue weighted by molar-refractivity contribution is -0.133. The Balaban J connectivity index is 1.61. The van der Waals surface area contributed by atoms with Gasteiger partial charge >= 0.3 is 0 Å². The average Bonchev–Trinajstić information content (AvgIpc) is 2.65. The summed E-state index contributed by atoms with van der Waals surface area (Å²) in [5.74, 6) is 0.720. The second-order valence-corrected chi connectivity index (χ2v) is 6.67. The lowest BCUT2D eigenvalue weighted by atomic mass is 10.1.